The van der Waals surface area contributed by atoms with Gasteiger partial charge in [0.1, 0.15) is 0 Å². The molecule has 356 valence electrons. The third-order valence-corrected chi connectivity index (χ3v) is 15.3. The quantitative estimate of drug-likeness (QED) is 0.105. The van der Waals surface area contributed by atoms with Crippen molar-refractivity contribution in [3.8, 4) is 11.1 Å². The van der Waals surface area contributed by atoms with Crippen molar-refractivity contribution in [1.82, 2.24) is 0 Å². The fraction of sp³-hybridized carbons (Fsp3) is 0.254. The average Bonchev–Trinajstić information content (AvgIpc) is 3.55. The summed E-state index contributed by atoms with van der Waals surface area (Å²) in [5.41, 5.74) is 24.1. The van der Waals surface area contributed by atoms with Crippen LogP contribution in [-0.4, -0.2) is 6.71 Å². The third-order valence-electron chi connectivity index (χ3n) is 15.3. The maximum absolute atomic E-state index is 4.78. The van der Waals surface area contributed by atoms with Crippen LogP contribution >= 0.6 is 0 Å². The predicted molar refractivity (Wildman–Crippen MR) is 310 cm³/mol. The molecule has 0 fully saturated rings. The number of benzene rings is 7. The van der Waals surface area contributed by atoms with Gasteiger partial charge in [-0.2, -0.15) is 0 Å². The Balaban J connectivity index is 1.28. The molecule has 4 heteroatoms. The van der Waals surface area contributed by atoms with E-state index in [4.69, 9.17) is 6.58 Å². The van der Waals surface area contributed by atoms with E-state index in [0.717, 1.165) is 39.7 Å². The smallest absolute Gasteiger partial charge is 0.252 e. The molecule has 7 aromatic carbocycles. The first kappa shape index (κ1) is 47.6. The van der Waals surface area contributed by atoms with E-state index in [9.17, 15) is 0 Å². The fourth-order valence-corrected chi connectivity index (χ4v) is 11.3. The Labute approximate surface area is 425 Å². The summed E-state index contributed by atoms with van der Waals surface area (Å²) < 4.78 is 0. The zero-order valence-electron chi connectivity index (χ0n) is 44.2. The molecule has 0 unspecified atom stereocenters. The van der Waals surface area contributed by atoms with Gasteiger partial charge in [-0.1, -0.05) is 192 Å². The zero-order chi connectivity index (χ0) is 50.4. The number of nitrogens with zero attached hydrogens (tertiary/aromatic N) is 3. The molecule has 71 heavy (non-hydrogen) atoms. The molecule has 0 spiro atoms. The monoisotopic (exact) mass is 928 g/mol. The summed E-state index contributed by atoms with van der Waals surface area (Å²) in [6, 6.07) is 55.8. The summed E-state index contributed by atoms with van der Waals surface area (Å²) in [6.07, 6.45) is 8.84. The van der Waals surface area contributed by atoms with Gasteiger partial charge in [0.05, 0.1) is 0 Å². The molecule has 0 atom stereocenters. The van der Waals surface area contributed by atoms with Crippen molar-refractivity contribution in [1.29, 1.82) is 0 Å². The summed E-state index contributed by atoms with van der Waals surface area (Å²) >= 11 is 0. The van der Waals surface area contributed by atoms with E-state index in [1.54, 1.807) is 0 Å². The highest BCUT2D eigenvalue weighted by Crippen LogP contribution is 2.53. The number of hydrogen-bond acceptors (Lipinski definition) is 3. The zero-order valence-corrected chi connectivity index (χ0v) is 44.2. The van der Waals surface area contributed by atoms with Crippen molar-refractivity contribution in [2.24, 2.45) is 0 Å². The van der Waals surface area contributed by atoms with Gasteiger partial charge in [-0.05, 0) is 151 Å². The van der Waals surface area contributed by atoms with Crippen LogP contribution in [0.1, 0.15) is 117 Å². The lowest BCUT2D eigenvalue weighted by atomic mass is 9.33. The molecule has 0 amide bonds. The number of anilines is 8. The van der Waals surface area contributed by atoms with E-state index in [0.29, 0.717) is 6.42 Å². The Bertz CT molecular complexity index is 3310. The van der Waals surface area contributed by atoms with Crippen LogP contribution in [0, 0.1) is 0 Å². The Morgan fingerprint density at radius 3 is 1.80 bits per heavy atom. The Morgan fingerprint density at radius 2 is 1.14 bits per heavy atom. The lowest BCUT2D eigenvalue weighted by Gasteiger charge is -2.46. The SMILES string of the molecule is C=C(/C=C\C=C/C)CC(=C)N(c1ccccc1)c1ccc2c(c1)N(c1ccc3c(c1)-c1ccccc1C3(C)C)c1cc(C(C)(C)C)cc3c1B2c1cc(C(C)(C)C)ccc1N3c1ccc(C(C)(C)C)cc1. The van der Waals surface area contributed by atoms with Gasteiger partial charge in [-0.3, -0.25) is 0 Å². The second-order valence-corrected chi connectivity index (χ2v) is 23.7. The second kappa shape index (κ2) is 17.4. The van der Waals surface area contributed by atoms with Crippen LogP contribution in [0.5, 0.6) is 0 Å². The molecule has 10 rings (SSSR count). The van der Waals surface area contributed by atoms with Crippen molar-refractivity contribution in [3.05, 3.63) is 222 Å². The van der Waals surface area contributed by atoms with E-state index in [1.807, 2.05) is 19.1 Å². The van der Waals surface area contributed by atoms with E-state index in [-0.39, 0.29) is 28.4 Å². The molecule has 1 aliphatic carbocycles. The van der Waals surface area contributed by atoms with Crippen LogP contribution in [0.25, 0.3) is 11.1 Å². The van der Waals surface area contributed by atoms with Crippen LogP contribution in [0.2, 0.25) is 0 Å². The van der Waals surface area contributed by atoms with Gasteiger partial charge < -0.3 is 14.7 Å². The Morgan fingerprint density at radius 1 is 0.535 bits per heavy atom. The molecule has 2 heterocycles. The van der Waals surface area contributed by atoms with E-state index in [2.05, 4.69) is 255 Å². The van der Waals surface area contributed by atoms with Gasteiger partial charge in [0.15, 0.2) is 0 Å². The summed E-state index contributed by atoms with van der Waals surface area (Å²) in [5.74, 6) is 0. The maximum atomic E-state index is 4.78. The first-order chi connectivity index (χ1) is 33.7. The van der Waals surface area contributed by atoms with E-state index >= 15 is 0 Å². The van der Waals surface area contributed by atoms with Crippen LogP contribution in [-0.2, 0) is 21.7 Å². The van der Waals surface area contributed by atoms with E-state index < -0.39 is 0 Å². The van der Waals surface area contributed by atoms with Crippen LogP contribution in [0.3, 0.4) is 0 Å². The van der Waals surface area contributed by atoms with Crippen LogP contribution in [0.15, 0.2) is 194 Å². The lowest BCUT2D eigenvalue weighted by Crippen LogP contribution is -2.61. The van der Waals surface area contributed by atoms with Gasteiger partial charge in [0.25, 0.3) is 6.71 Å². The standard InChI is InChI=1S/C67H70BN3/c1-15-16-18-23-44(2)38-45(3)69(49-24-19-17-20-25-49)52-34-36-57-60(43-52)71(51-33-35-56-54(42-51)53-26-21-22-27-55(53)67(56,13)14)62-41-48(66(10,11)12)40-61-63(62)68(57)58-39-47(65(7,8)9)30-37-59(58)70(61)50-31-28-46(29-32-50)64(4,5)6/h15-37,39-43H,2-3,38H2,1,4-14H3/b16-15-,23-18-. The summed E-state index contributed by atoms with van der Waals surface area (Å²) in [5, 5.41) is 0. The predicted octanol–water partition coefficient (Wildman–Crippen LogP) is 16.7. The first-order valence-corrected chi connectivity index (χ1v) is 25.6. The molecule has 3 aliphatic rings. The van der Waals surface area contributed by atoms with E-state index in [1.165, 1.54) is 72.4 Å². The number of para-hydroxylation sites is 1. The highest BCUT2D eigenvalue weighted by Gasteiger charge is 2.45. The summed E-state index contributed by atoms with van der Waals surface area (Å²) in [6.45, 7) is 36.9. The van der Waals surface area contributed by atoms with Crippen LogP contribution in [0.4, 0.5) is 45.5 Å². The molecule has 0 aromatic heterocycles. The number of rotatable bonds is 9. The third kappa shape index (κ3) is 8.30. The number of hydrogen-bond donors (Lipinski definition) is 0. The minimum Gasteiger partial charge on any atom is -0.314 e. The van der Waals surface area contributed by atoms with Crippen LogP contribution < -0.4 is 31.1 Å². The molecule has 0 N–H and O–H groups in total. The van der Waals surface area contributed by atoms with Crippen molar-refractivity contribution in [2.45, 2.75) is 111 Å². The summed E-state index contributed by atoms with van der Waals surface area (Å²) in [7, 11) is 0. The molecule has 0 bridgehead atoms. The highest BCUT2D eigenvalue weighted by molar-refractivity contribution is 7.00. The van der Waals surface area contributed by atoms with Gasteiger partial charge in [-0.25, -0.2) is 0 Å². The number of fused-ring (bicyclic) bond motifs is 7. The molecule has 7 aromatic rings. The second-order valence-electron chi connectivity index (χ2n) is 23.7. The molecule has 2 aliphatic heterocycles. The molecule has 0 saturated carbocycles. The first-order valence-electron chi connectivity index (χ1n) is 25.6. The molecule has 0 saturated heterocycles. The topological polar surface area (TPSA) is 9.72 Å². The molecule has 3 nitrogen and oxygen atoms in total. The largest absolute Gasteiger partial charge is 0.314 e. The minimum absolute atomic E-state index is 0.0325. The van der Waals surface area contributed by atoms with Gasteiger partial charge in [-0.15, -0.1) is 0 Å². The number of allylic oxidation sites excluding steroid dienone is 5. The highest BCUT2D eigenvalue weighted by atomic mass is 15.2. The molecule has 0 radical (unpaired) electrons. The lowest BCUT2D eigenvalue weighted by molar-refractivity contribution is 0.589. The van der Waals surface area contributed by atoms with Gasteiger partial charge in [0, 0.05) is 63.0 Å². The Kier molecular flexibility index (Phi) is 11.7. The summed E-state index contributed by atoms with van der Waals surface area (Å²) in [4.78, 5) is 7.49. The Hall–Kier alpha value is -7.04. The average molecular weight is 928 g/mol. The fourth-order valence-electron chi connectivity index (χ4n) is 11.3. The van der Waals surface area contributed by atoms with Crippen molar-refractivity contribution >= 4 is 68.6 Å². The van der Waals surface area contributed by atoms with Gasteiger partial charge >= 0.3 is 0 Å². The van der Waals surface area contributed by atoms with Crippen molar-refractivity contribution < 1.29 is 0 Å². The molecular weight excluding hydrogens is 858 g/mol. The van der Waals surface area contributed by atoms with Gasteiger partial charge in [0.2, 0.25) is 0 Å². The minimum atomic E-state index is -0.153. The van der Waals surface area contributed by atoms with Crippen molar-refractivity contribution in [2.75, 3.05) is 14.7 Å². The normalized spacial score (nSPS) is 14.6. The van der Waals surface area contributed by atoms with Crippen molar-refractivity contribution in [3.63, 3.8) is 0 Å². The molecular formula is C67H70BN3. The maximum Gasteiger partial charge on any atom is 0.252 e.